The van der Waals surface area contributed by atoms with Crippen LogP contribution in [0, 0.1) is 0 Å². The molecule has 0 unspecified atom stereocenters. The number of esters is 4. The Labute approximate surface area is 235 Å². The summed E-state index contributed by atoms with van der Waals surface area (Å²) in [5.41, 5.74) is -0.824. The summed E-state index contributed by atoms with van der Waals surface area (Å²) in [6.07, 6.45) is -6.38. The Balaban J connectivity index is 2.21. The molecule has 0 N–H and O–H groups in total. The first-order valence-electron chi connectivity index (χ1n) is 10.7. The van der Waals surface area contributed by atoms with Crippen LogP contribution in [0.3, 0.4) is 0 Å². The number of nitrogens with zero attached hydrogens (tertiary/aromatic N) is 1. The quantitative estimate of drug-likeness (QED) is 0.153. The number of carbonyl (C=O) groups is 6. The molecule has 0 radical (unpaired) electrons. The van der Waals surface area contributed by atoms with Crippen LogP contribution in [0.15, 0.2) is 0 Å². The van der Waals surface area contributed by atoms with Gasteiger partial charge in [-0.2, -0.15) is 0 Å². The molecule has 16 heteroatoms. The highest BCUT2D eigenvalue weighted by Gasteiger charge is 2.59. The van der Waals surface area contributed by atoms with E-state index in [-0.39, 0.29) is 20.1 Å². The molecule has 0 aliphatic carbocycles. The van der Waals surface area contributed by atoms with Gasteiger partial charge in [-0.3, -0.25) is 33.7 Å². The number of fused-ring (bicyclic) bond motifs is 1. The van der Waals surface area contributed by atoms with Gasteiger partial charge in [0.15, 0.2) is 12.2 Å². The van der Waals surface area contributed by atoms with Gasteiger partial charge in [0, 0.05) is 27.7 Å². The highest BCUT2D eigenvalue weighted by molar-refractivity contribution is 6.55. The third kappa shape index (κ3) is 5.69. The van der Waals surface area contributed by atoms with Gasteiger partial charge >= 0.3 is 23.9 Å². The van der Waals surface area contributed by atoms with Crippen molar-refractivity contribution < 1.29 is 52.5 Å². The number of benzene rings is 1. The molecule has 0 aromatic heterocycles. The number of ether oxygens (including phenoxy) is 5. The predicted molar refractivity (Wildman–Crippen MR) is 129 cm³/mol. The van der Waals surface area contributed by atoms with Gasteiger partial charge in [0.05, 0.1) is 31.2 Å². The molecule has 1 aromatic rings. The van der Waals surface area contributed by atoms with Gasteiger partial charge in [0.25, 0.3) is 11.8 Å². The van der Waals surface area contributed by atoms with Crippen LogP contribution in [0.1, 0.15) is 48.4 Å². The van der Waals surface area contributed by atoms with E-state index in [9.17, 15) is 28.8 Å². The number of hydrogen-bond donors (Lipinski definition) is 0. The fourth-order valence-corrected chi connectivity index (χ4v) is 5.07. The van der Waals surface area contributed by atoms with Gasteiger partial charge in [-0.25, -0.2) is 0 Å². The van der Waals surface area contributed by atoms with Gasteiger partial charge in [0.2, 0.25) is 6.29 Å². The summed E-state index contributed by atoms with van der Waals surface area (Å²) in [5.74, 6) is -5.59. The lowest BCUT2D eigenvalue weighted by Crippen LogP contribution is -2.67. The second-order valence-electron chi connectivity index (χ2n) is 8.08. The minimum atomic E-state index is -1.80. The molecule has 3 rings (SSSR count). The van der Waals surface area contributed by atoms with Crippen molar-refractivity contribution in [2.24, 2.45) is 0 Å². The van der Waals surface area contributed by atoms with Crippen molar-refractivity contribution in [1.82, 2.24) is 4.90 Å². The van der Waals surface area contributed by atoms with E-state index in [1.54, 1.807) is 0 Å². The van der Waals surface area contributed by atoms with E-state index in [1.807, 2.05) is 0 Å². The molecule has 38 heavy (non-hydrogen) atoms. The van der Waals surface area contributed by atoms with Crippen molar-refractivity contribution in [3.8, 4) is 0 Å². The standard InChI is InChI=1S/C22H19Cl4NO11/c1-6(28)34-5-10-18(35-7(2)29)19(36-8(3)30)17(22(38-10)37-9(4)31)27-20(32)11-12(21(27)33)14(24)16(26)15(25)13(11)23/h10,17-19,22H,5H2,1-4H3/t10-,17-,18+,19-,22-/m1/s1. The molecule has 1 fully saturated rings. The lowest BCUT2D eigenvalue weighted by atomic mass is 9.94. The van der Waals surface area contributed by atoms with Gasteiger partial charge in [-0.1, -0.05) is 46.4 Å². The molecule has 12 nitrogen and oxygen atoms in total. The summed E-state index contributed by atoms with van der Waals surface area (Å²) < 4.78 is 26.6. The molecule has 1 saturated heterocycles. The fourth-order valence-electron chi connectivity index (χ4n) is 4.05. The molecule has 5 atom stereocenters. The number of halogens is 4. The second kappa shape index (κ2) is 11.6. The Kier molecular flexibility index (Phi) is 9.15. The summed E-state index contributed by atoms with van der Waals surface area (Å²) in [7, 11) is 0. The van der Waals surface area contributed by atoms with E-state index in [4.69, 9.17) is 70.1 Å². The van der Waals surface area contributed by atoms with Crippen molar-refractivity contribution >= 4 is 82.1 Å². The van der Waals surface area contributed by atoms with Crippen LogP contribution in [-0.4, -0.2) is 77.8 Å². The van der Waals surface area contributed by atoms with Gasteiger partial charge in [0.1, 0.15) is 18.8 Å². The zero-order valence-corrected chi connectivity index (χ0v) is 23.1. The maximum absolute atomic E-state index is 13.6. The number of imide groups is 1. The van der Waals surface area contributed by atoms with E-state index in [2.05, 4.69) is 0 Å². The van der Waals surface area contributed by atoms with Crippen LogP contribution in [0.25, 0.3) is 0 Å². The summed E-state index contributed by atoms with van der Waals surface area (Å²) in [6.45, 7) is 3.61. The average molecular weight is 615 g/mol. The Bertz CT molecular complexity index is 1190. The maximum Gasteiger partial charge on any atom is 0.305 e. The third-order valence-corrected chi connectivity index (χ3v) is 7.18. The van der Waals surface area contributed by atoms with Gasteiger partial charge < -0.3 is 23.7 Å². The summed E-state index contributed by atoms with van der Waals surface area (Å²) in [4.78, 5) is 75.2. The summed E-state index contributed by atoms with van der Waals surface area (Å²) >= 11 is 24.6. The van der Waals surface area contributed by atoms with E-state index < -0.39 is 84.1 Å². The van der Waals surface area contributed by atoms with Crippen LogP contribution in [0.4, 0.5) is 0 Å². The number of rotatable bonds is 6. The molecule has 2 heterocycles. The highest BCUT2D eigenvalue weighted by atomic mass is 35.5. The first kappa shape index (κ1) is 29.9. The zero-order chi connectivity index (χ0) is 28.6. The van der Waals surface area contributed by atoms with E-state index >= 15 is 0 Å². The van der Waals surface area contributed by atoms with Crippen LogP contribution >= 0.6 is 46.4 Å². The Morgan fingerprint density at radius 3 is 1.58 bits per heavy atom. The molecule has 1 aromatic carbocycles. The van der Waals surface area contributed by atoms with E-state index in [0.29, 0.717) is 4.90 Å². The van der Waals surface area contributed by atoms with E-state index in [1.165, 1.54) is 0 Å². The SMILES string of the molecule is CC(=O)OC[C@H]1O[C@@H](OC(C)=O)[C@H](N2C(=O)c3c(Cl)c(Cl)c(Cl)c(Cl)c3C2=O)[C@@H](OC(C)=O)[C@H]1OC(C)=O. The first-order chi connectivity index (χ1) is 17.7. The molecule has 2 amide bonds. The molecule has 2 aliphatic rings. The van der Waals surface area contributed by atoms with Crippen molar-refractivity contribution in [2.75, 3.05) is 6.61 Å². The largest absolute Gasteiger partial charge is 0.463 e. The minimum Gasteiger partial charge on any atom is -0.463 e. The zero-order valence-electron chi connectivity index (χ0n) is 20.0. The Hall–Kier alpha value is -2.64. The summed E-state index contributed by atoms with van der Waals surface area (Å²) in [6, 6.07) is -1.74. The van der Waals surface area contributed by atoms with Crippen LogP contribution < -0.4 is 0 Å². The minimum absolute atomic E-state index is 0.299. The molecular formula is C22H19Cl4NO11. The molecular weight excluding hydrogens is 596 g/mol. The van der Waals surface area contributed by atoms with Crippen molar-refractivity contribution in [3.05, 3.63) is 31.2 Å². The number of carbonyl (C=O) groups excluding carboxylic acids is 6. The smallest absolute Gasteiger partial charge is 0.305 e. The van der Waals surface area contributed by atoms with E-state index in [0.717, 1.165) is 27.7 Å². The number of amides is 2. The molecule has 0 spiro atoms. The lowest BCUT2D eigenvalue weighted by Gasteiger charge is -2.46. The first-order valence-corrected chi connectivity index (χ1v) is 12.2. The van der Waals surface area contributed by atoms with Crippen LogP contribution in [0.2, 0.25) is 20.1 Å². The monoisotopic (exact) mass is 613 g/mol. The number of hydrogen-bond acceptors (Lipinski definition) is 11. The van der Waals surface area contributed by atoms with Gasteiger partial charge in [-0.15, -0.1) is 0 Å². The van der Waals surface area contributed by atoms with Gasteiger partial charge in [-0.05, 0) is 0 Å². The fraction of sp³-hybridized carbons (Fsp3) is 0.455. The Morgan fingerprint density at radius 2 is 1.16 bits per heavy atom. The topological polar surface area (TPSA) is 152 Å². The molecule has 0 bridgehead atoms. The molecule has 0 saturated carbocycles. The second-order valence-corrected chi connectivity index (χ2v) is 9.59. The Morgan fingerprint density at radius 1 is 0.711 bits per heavy atom. The summed E-state index contributed by atoms with van der Waals surface area (Å²) in [5, 5.41) is -1.36. The van der Waals surface area contributed by atoms with Crippen molar-refractivity contribution in [1.29, 1.82) is 0 Å². The normalized spacial score (nSPS) is 24.5. The molecule has 206 valence electrons. The highest BCUT2D eigenvalue weighted by Crippen LogP contribution is 2.46. The maximum atomic E-state index is 13.6. The molecule has 2 aliphatic heterocycles. The average Bonchev–Trinajstić information content (AvgIpc) is 3.06. The van der Waals surface area contributed by atoms with Crippen LogP contribution in [-0.2, 0) is 42.9 Å². The third-order valence-electron chi connectivity index (χ3n) is 5.38. The van der Waals surface area contributed by atoms with Crippen LogP contribution in [0.5, 0.6) is 0 Å². The predicted octanol–water partition coefficient (Wildman–Crippen LogP) is 2.98. The lowest BCUT2D eigenvalue weighted by molar-refractivity contribution is -0.278. The van der Waals surface area contributed by atoms with Crippen molar-refractivity contribution in [3.63, 3.8) is 0 Å². The van der Waals surface area contributed by atoms with Crippen molar-refractivity contribution in [2.45, 2.75) is 58.3 Å².